The number of carbonyl (C=O) groups is 1. The highest BCUT2D eigenvalue weighted by Crippen LogP contribution is 2.36. The molecule has 1 aromatic heterocycles. The van der Waals surface area contributed by atoms with Crippen molar-refractivity contribution in [1.82, 2.24) is 20.0 Å². The fourth-order valence-corrected chi connectivity index (χ4v) is 3.31. The maximum Gasteiger partial charge on any atom is 0.274 e. The third-order valence-corrected chi connectivity index (χ3v) is 4.75. The molecule has 1 fully saturated rings. The summed E-state index contributed by atoms with van der Waals surface area (Å²) < 4.78 is 1.93. The first kappa shape index (κ1) is 16.3. The largest absolute Gasteiger partial charge is 0.334 e. The van der Waals surface area contributed by atoms with Gasteiger partial charge in [-0.25, -0.2) is 0 Å². The first-order chi connectivity index (χ1) is 9.33. The lowest BCUT2D eigenvalue weighted by atomic mass is 9.78. The number of amides is 1. The van der Waals surface area contributed by atoms with Crippen LogP contribution in [0.5, 0.6) is 0 Å². The van der Waals surface area contributed by atoms with Gasteiger partial charge in [0.2, 0.25) is 0 Å². The molecule has 1 aromatic rings. The Labute approximate surface area is 132 Å². The van der Waals surface area contributed by atoms with Crippen LogP contribution in [0.15, 0.2) is 6.20 Å². The lowest BCUT2D eigenvalue weighted by molar-refractivity contribution is 0.0410. The molecule has 2 aliphatic rings. The lowest BCUT2D eigenvalue weighted by Gasteiger charge is -2.47. The summed E-state index contributed by atoms with van der Waals surface area (Å²) in [6, 6.07) is 0. The number of nitrogens with zero attached hydrogens (tertiary/aromatic N) is 3. The minimum absolute atomic E-state index is 0. The van der Waals surface area contributed by atoms with Crippen LogP contribution in [0, 0.1) is 0 Å². The number of likely N-dealkylation sites (N-methyl/N-ethyl adjacent to an activating group) is 1. The van der Waals surface area contributed by atoms with Gasteiger partial charge in [0.05, 0.1) is 5.54 Å². The van der Waals surface area contributed by atoms with E-state index in [1.54, 1.807) is 0 Å². The molecule has 1 saturated heterocycles. The van der Waals surface area contributed by atoms with Crippen molar-refractivity contribution in [1.29, 1.82) is 0 Å². The van der Waals surface area contributed by atoms with Crippen molar-refractivity contribution in [2.75, 3.05) is 20.1 Å². The van der Waals surface area contributed by atoms with Crippen molar-refractivity contribution in [3.63, 3.8) is 0 Å². The Morgan fingerprint density at radius 3 is 2.48 bits per heavy atom. The van der Waals surface area contributed by atoms with Gasteiger partial charge in [-0.3, -0.25) is 9.48 Å². The number of halogens is 1. The molecule has 0 aromatic carbocycles. The predicted molar refractivity (Wildman–Crippen MR) is 85.1 cm³/mol. The Kier molecular flexibility index (Phi) is 4.10. The van der Waals surface area contributed by atoms with Gasteiger partial charge in [0.25, 0.3) is 5.91 Å². The van der Waals surface area contributed by atoms with Gasteiger partial charge < -0.3 is 10.2 Å². The molecule has 6 heteroatoms. The molecule has 1 spiro atoms. The molecule has 0 atom stereocenters. The average molecular weight is 313 g/mol. The first-order valence-electron chi connectivity index (χ1n) is 7.41. The zero-order valence-electron chi connectivity index (χ0n) is 13.3. The highest BCUT2D eigenvalue weighted by atomic mass is 35.5. The van der Waals surface area contributed by atoms with E-state index in [4.69, 9.17) is 0 Å². The standard InChI is InChI=1S/C15H24N4O.ClH/c1-14(2,3)19-10-11-9-15(5-7-16-8-6-15)18(4)13(20)12(11)17-19;/h10,16H,5-9H2,1-4H3;1H. The van der Waals surface area contributed by atoms with Gasteiger partial charge in [0, 0.05) is 24.3 Å². The molecule has 0 aliphatic carbocycles. The topological polar surface area (TPSA) is 50.2 Å². The van der Waals surface area contributed by atoms with Crippen LogP contribution >= 0.6 is 12.4 Å². The first-order valence-corrected chi connectivity index (χ1v) is 7.41. The van der Waals surface area contributed by atoms with Crippen LogP contribution in [0.25, 0.3) is 0 Å². The molecule has 21 heavy (non-hydrogen) atoms. The molecule has 0 bridgehead atoms. The zero-order chi connectivity index (χ0) is 14.5. The summed E-state index contributed by atoms with van der Waals surface area (Å²) in [4.78, 5) is 14.6. The summed E-state index contributed by atoms with van der Waals surface area (Å²) >= 11 is 0. The minimum Gasteiger partial charge on any atom is -0.334 e. The summed E-state index contributed by atoms with van der Waals surface area (Å²) in [5.41, 5.74) is 1.66. The van der Waals surface area contributed by atoms with E-state index in [2.05, 4.69) is 37.4 Å². The number of carbonyl (C=O) groups excluding carboxylic acids is 1. The molecule has 2 aliphatic heterocycles. The average Bonchev–Trinajstić information content (AvgIpc) is 2.81. The molecular formula is C15H25ClN4O. The lowest BCUT2D eigenvalue weighted by Crippen LogP contribution is -2.58. The molecule has 118 valence electrons. The Morgan fingerprint density at radius 1 is 1.29 bits per heavy atom. The molecule has 1 N–H and O–H groups in total. The monoisotopic (exact) mass is 312 g/mol. The number of piperidine rings is 1. The molecule has 3 heterocycles. The van der Waals surface area contributed by atoms with E-state index >= 15 is 0 Å². The van der Waals surface area contributed by atoms with Gasteiger partial charge in [-0.1, -0.05) is 0 Å². The summed E-state index contributed by atoms with van der Waals surface area (Å²) in [5, 5.41) is 7.93. The molecule has 1 amide bonds. The normalized spacial score (nSPS) is 21.1. The minimum atomic E-state index is -0.0858. The Morgan fingerprint density at radius 2 is 1.90 bits per heavy atom. The van der Waals surface area contributed by atoms with Gasteiger partial charge in [0.1, 0.15) is 0 Å². The molecular weight excluding hydrogens is 288 g/mol. The summed E-state index contributed by atoms with van der Waals surface area (Å²) in [6.45, 7) is 8.31. The number of rotatable bonds is 0. The van der Waals surface area contributed by atoms with Gasteiger partial charge in [0.15, 0.2) is 5.69 Å². The second-order valence-corrected chi connectivity index (χ2v) is 7.13. The number of aromatic nitrogens is 2. The van der Waals surface area contributed by atoms with Crippen LogP contribution in [0.4, 0.5) is 0 Å². The third kappa shape index (κ3) is 2.57. The van der Waals surface area contributed by atoms with Crippen molar-refractivity contribution in [3.8, 4) is 0 Å². The van der Waals surface area contributed by atoms with Crippen molar-refractivity contribution < 1.29 is 4.79 Å². The van der Waals surface area contributed by atoms with Crippen LogP contribution in [-0.2, 0) is 12.0 Å². The van der Waals surface area contributed by atoms with Gasteiger partial charge in [-0.15, -0.1) is 12.4 Å². The van der Waals surface area contributed by atoms with Crippen molar-refractivity contribution in [2.24, 2.45) is 0 Å². The smallest absolute Gasteiger partial charge is 0.274 e. The summed E-state index contributed by atoms with van der Waals surface area (Å²) in [6.07, 6.45) is 5.05. The quantitative estimate of drug-likeness (QED) is 0.795. The van der Waals surface area contributed by atoms with Crippen molar-refractivity contribution in [3.05, 3.63) is 17.5 Å². The van der Waals surface area contributed by atoms with E-state index in [1.165, 1.54) is 0 Å². The number of fused-ring (bicyclic) bond motifs is 1. The Hall–Kier alpha value is -1.07. The van der Waals surface area contributed by atoms with E-state index < -0.39 is 0 Å². The number of hydrogen-bond donors (Lipinski definition) is 1. The SMILES string of the molecule is CN1C(=O)c2nn(C(C)(C)C)cc2CC12CCNCC2.Cl. The van der Waals surface area contributed by atoms with E-state index in [9.17, 15) is 4.79 Å². The van der Waals surface area contributed by atoms with E-state index in [0.29, 0.717) is 5.69 Å². The van der Waals surface area contributed by atoms with Crippen LogP contribution in [-0.4, -0.2) is 46.3 Å². The Bertz CT molecular complexity index is 540. The summed E-state index contributed by atoms with van der Waals surface area (Å²) in [7, 11) is 1.94. The molecule has 5 nitrogen and oxygen atoms in total. The van der Waals surface area contributed by atoms with Crippen molar-refractivity contribution in [2.45, 2.75) is 51.1 Å². The van der Waals surface area contributed by atoms with Crippen LogP contribution in [0.1, 0.15) is 49.7 Å². The molecule has 3 rings (SSSR count). The summed E-state index contributed by atoms with van der Waals surface area (Å²) in [5.74, 6) is 0.0798. The van der Waals surface area contributed by atoms with Crippen LogP contribution in [0.3, 0.4) is 0 Å². The second kappa shape index (κ2) is 5.29. The molecule has 0 radical (unpaired) electrons. The van der Waals surface area contributed by atoms with Gasteiger partial charge in [-0.2, -0.15) is 5.10 Å². The fourth-order valence-electron chi connectivity index (χ4n) is 3.31. The van der Waals surface area contributed by atoms with Crippen LogP contribution < -0.4 is 5.32 Å². The maximum atomic E-state index is 12.7. The van der Waals surface area contributed by atoms with Gasteiger partial charge in [-0.05, 0) is 53.1 Å². The third-order valence-electron chi connectivity index (χ3n) is 4.75. The van der Waals surface area contributed by atoms with Crippen molar-refractivity contribution >= 4 is 18.3 Å². The molecule has 0 saturated carbocycles. The predicted octanol–water partition coefficient (Wildman–Crippen LogP) is 1.81. The zero-order valence-corrected chi connectivity index (χ0v) is 14.1. The highest BCUT2D eigenvalue weighted by Gasteiger charge is 2.45. The number of nitrogens with one attached hydrogen (secondary N) is 1. The van der Waals surface area contributed by atoms with Gasteiger partial charge >= 0.3 is 0 Å². The molecule has 0 unspecified atom stereocenters. The fraction of sp³-hybridized carbons (Fsp3) is 0.733. The van der Waals surface area contributed by atoms with E-state index in [-0.39, 0.29) is 29.4 Å². The second-order valence-electron chi connectivity index (χ2n) is 7.13. The number of hydrogen-bond acceptors (Lipinski definition) is 3. The maximum absolute atomic E-state index is 12.7. The van der Waals surface area contributed by atoms with E-state index in [0.717, 1.165) is 37.9 Å². The highest BCUT2D eigenvalue weighted by molar-refractivity contribution is 5.95. The Balaban J connectivity index is 0.00000161. The van der Waals surface area contributed by atoms with E-state index in [1.807, 2.05) is 16.6 Å². The van der Waals surface area contributed by atoms with Crippen LogP contribution in [0.2, 0.25) is 0 Å².